The van der Waals surface area contributed by atoms with Gasteiger partial charge in [0.15, 0.2) is 11.5 Å². The van der Waals surface area contributed by atoms with Crippen molar-refractivity contribution in [2.24, 2.45) is 0 Å². The molecule has 19 heavy (non-hydrogen) atoms. The fourth-order valence-electron chi connectivity index (χ4n) is 1.95. The van der Waals surface area contributed by atoms with E-state index in [1.165, 1.54) is 0 Å². The maximum Gasteiger partial charge on any atom is 0.161 e. The Morgan fingerprint density at radius 2 is 1.63 bits per heavy atom. The minimum absolute atomic E-state index is 0.632. The summed E-state index contributed by atoms with van der Waals surface area (Å²) in [6.45, 7) is 2.59. The first-order chi connectivity index (χ1) is 9.28. The third-order valence-electron chi connectivity index (χ3n) is 2.97. The molecule has 0 radical (unpaired) electrons. The topological polar surface area (TPSA) is 30.5 Å². The first kappa shape index (κ1) is 13.3. The van der Waals surface area contributed by atoms with E-state index in [1.54, 1.807) is 7.11 Å². The SMILES string of the molecule is CCOc1ccc(-c2ccc(NC)cc2)cc1OC. The summed E-state index contributed by atoms with van der Waals surface area (Å²) in [5.41, 5.74) is 3.37. The maximum absolute atomic E-state index is 5.52. The van der Waals surface area contributed by atoms with Crippen LogP contribution in [0.25, 0.3) is 11.1 Å². The average Bonchev–Trinajstić information content (AvgIpc) is 2.48. The number of rotatable bonds is 5. The largest absolute Gasteiger partial charge is 0.493 e. The van der Waals surface area contributed by atoms with Gasteiger partial charge in [0.05, 0.1) is 13.7 Å². The van der Waals surface area contributed by atoms with Crippen LogP contribution in [0, 0.1) is 0 Å². The number of anilines is 1. The quantitative estimate of drug-likeness (QED) is 0.883. The molecule has 0 saturated carbocycles. The van der Waals surface area contributed by atoms with Crippen molar-refractivity contribution in [3.8, 4) is 22.6 Å². The molecule has 0 atom stereocenters. The van der Waals surface area contributed by atoms with Gasteiger partial charge in [0.25, 0.3) is 0 Å². The number of hydrogen-bond acceptors (Lipinski definition) is 3. The van der Waals surface area contributed by atoms with Gasteiger partial charge < -0.3 is 14.8 Å². The van der Waals surface area contributed by atoms with Crippen LogP contribution in [-0.4, -0.2) is 20.8 Å². The van der Waals surface area contributed by atoms with Crippen molar-refractivity contribution in [2.75, 3.05) is 26.1 Å². The molecule has 3 nitrogen and oxygen atoms in total. The minimum Gasteiger partial charge on any atom is -0.493 e. The Morgan fingerprint density at radius 3 is 2.21 bits per heavy atom. The second-order valence-corrected chi connectivity index (χ2v) is 4.13. The first-order valence-corrected chi connectivity index (χ1v) is 6.37. The molecule has 0 aliphatic carbocycles. The molecule has 0 amide bonds. The Kier molecular flexibility index (Phi) is 4.29. The van der Waals surface area contributed by atoms with Gasteiger partial charge >= 0.3 is 0 Å². The summed E-state index contributed by atoms with van der Waals surface area (Å²) in [6, 6.07) is 14.3. The monoisotopic (exact) mass is 257 g/mol. The van der Waals surface area contributed by atoms with Crippen molar-refractivity contribution in [3.05, 3.63) is 42.5 Å². The third kappa shape index (κ3) is 2.99. The smallest absolute Gasteiger partial charge is 0.161 e. The van der Waals surface area contributed by atoms with Crippen LogP contribution in [0.2, 0.25) is 0 Å². The van der Waals surface area contributed by atoms with E-state index in [4.69, 9.17) is 9.47 Å². The second kappa shape index (κ2) is 6.14. The molecule has 2 rings (SSSR count). The molecule has 0 aliphatic heterocycles. The highest BCUT2D eigenvalue weighted by Crippen LogP contribution is 2.32. The third-order valence-corrected chi connectivity index (χ3v) is 2.97. The van der Waals surface area contributed by atoms with Crippen LogP contribution in [0.5, 0.6) is 11.5 Å². The Morgan fingerprint density at radius 1 is 0.947 bits per heavy atom. The summed E-state index contributed by atoms with van der Waals surface area (Å²) in [7, 11) is 3.57. The maximum atomic E-state index is 5.52. The lowest BCUT2D eigenvalue weighted by molar-refractivity contribution is 0.311. The van der Waals surface area contributed by atoms with E-state index in [0.29, 0.717) is 6.61 Å². The van der Waals surface area contributed by atoms with E-state index in [2.05, 4.69) is 29.6 Å². The summed E-state index contributed by atoms with van der Waals surface area (Å²) in [5, 5.41) is 3.11. The minimum atomic E-state index is 0.632. The number of methoxy groups -OCH3 is 1. The Labute approximate surface area is 114 Å². The lowest BCUT2D eigenvalue weighted by Crippen LogP contribution is -1.95. The molecular formula is C16H19NO2. The van der Waals surface area contributed by atoms with E-state index in [-0.39, 0.29) is 0 Å². The van der Waals surface area contributed by atoms with Crippen LogP contribution in [0.4, 0.5) is 5.69 Å². The van der Waals surface area contributed by atoms with Gasteiger partial charge in [-0.1, -0.05) is 18.2 Å². The van der Waals surface area contributed by atoms with Gasteiger partial charge in [0.2, 0.25) is 0 Å². The Balaban J connectivity index is 2.33. The van der Waals surface area contributed by atoms with E-state index < -0.39 is 0 Å². The molecule has 0 aliphatic rings. The molecule has 3 heteroatoms. The normalized spacial score (nSPS) is 10.1. The molecule has 0 bridgehead atoms. The van der Waals surface area contributed by atoms with E-state index in [0.717, 1.165) is 28.3 Å². The lowest BCUT2D eigenvalue weighted by atomic mass is 10.0. The van der Waals surface area contributed by atoms with Gasteiger partial charge in [-0.3, -0.25) is 0 Å². The molecule has 0 heterocycles. The summed E-state index contributed by atoms with van der Waals surface area (Å²) in [5.74, 6) is 1.54. The average molecular weight is 257 g/mol. The Bertz CT molecular complexity index is 535. The molecule has 1 N–H and O–H groups in total. The van der Waals surface area contributed by atoms with Gasteiger partial charge in [0.1, 0.15) is 0 Å². The summed E-state index contributed by atoms with van der Waals surface area (Å²) < 4.78 is 10.9. The molecular weight excluding hydrogens is 238 g/mol. The van der Waals surface area contributed by atoms with Gasteiger partial charge in [-0.25, -0.2) is 0 Å². The number of benzene rings is 2. The van der Waals surface area contributed by atoms with Gasteiger partial charge in [-0.15, -0.1) is 0 Å². The standard InChI is InChI=1S/C16H19NO2/c1-4-19-15-10-7-13(11-16(15)18-3)12-5-8-14(17-2)9-6-12/h5-11,17H,4H2,1-3H3. The molecule has 2 aromatic carbocycles. The second-order valence-electron chi connectivity index (χ2n) is 4.13. The van der Waals surface area contributed by atoms with Gasteiger partial charge in [0, 0.05) is 12.7 Å². The van der Waals surface area contributed by atoms with Gasteiger partial charge in [-0.05, 0) is 42.3 Å². The lowest BCUT2D eigenvalue weighted by Gasteiger charge is -2.11. The van der Waals surface area contributed by atoms with Crippen molar-refractivity contribution in [2.45, 2.75) is 6.92 Å². The van der Waals surface area contributed by atoms with Crippen molar-refractivity contribution >= 4 is 5.69 Å². The highest BCUT2D eigenvalue weighted by molar-refractivity contribution is 5.69. The fraction of sp³-hybridized carbons (Fsp3) is 0.250. The van der Waals surface area contributed by atoms with Crippen LogP contribution in [0.3, 0.4) is 0 Å². The predicted octanol–water partition coefficient (Wildman–Crippen LogP) is 3.80. The van der Waals surface area contributed by atoms with Crippen LogP contribution < -0.4 is 14.8 Å². The van der Waals surface area contributed by atoms with Crippen molar-refractivity contribution in [1.29, 1.82) is 0 Å². The molecule has 0 fully saturated rings. The fourth-order valence-corrected chi connectivity index (χ4v) is 1.95. The predicted molar refractivity (Wildman–Crippen MR) is 79.1 cm³/mol. The number of hydrogen-bond donors (Lipinski definition) is 1. The van der Waals surface area contributed by atoms with Crippen LogP contribution in [0.15, 0.2) is 42.5 Å². The summed E-state index contributed by atoms with van der Waals surface area (Å²) in [6.07, 6.45) is 0. The van der Waals surface area contributed by atoms with E-state index >= 15 is 0 Å². The molecule has 0 unspecified atom stereocenters. The zero-order chi connectivity index (χ0) is 13.7. The molecule has 0 saturated heterocycles. The Hall–Kier alpha value is -2.16. The van der Waals surface area contributed by atoms with E-state index in [1.807, 2.05) is 32.2 Å². The van der Waals surface area contributed by atoms with Crippen LogP contribution in [0.1, 0.15) is 6.92 Å². The highest BCUT2D eigenvalue weighted by Gasteiger charge is 2.06. The zero-order valence-electron chi connectivity index (χ0n) is 11.6. The first-order valence-electron chi connectivity index (χ1n) is 6.37. The zero-order valence-corrected chi connectivity index (χ0v) is 11.6. The van der Waals surface area contributed by atoms with Crippen LogP contribution in [-0.2, 0) is 0 Å². The van der Waals surface area contributed by atoms with Crippen molar-refractivity contribution in [3.63, 3.8) is 0 Å². The highest BCUT2D eigenvalue weighted by atomic mass is 16.5. The summed E-state index contributed by atoms with van der Waals surface area (Å²) in [4.78, 5) is 0. The van der Waals surface area contributed by atoms with Crippen molar-refractivity contribution < 1.29 is 9.47 Å². The van der Waals surface area contributed by atoms with Crippen LogP contribution >= 0.6 is 0 Å². The number of ether oxygens (including phenoxy) is 2. The van der Waals surface area contributed by atoms with Gasteiger partial charge in [-0.2, -0.15) is 0 Å². The molecule has 0 spiro atoms. The number of nitrogens with one attached hydrogen (secondary N) is 1. The molecule has 0 aromatic heterocycles. The van der Waals surface area contributed by atoms with Crippen molar-refractivity contribution in [1.82, 2.24) is 0 Å². The summed E-state index contributed by atoms with van der Waals surface area (Å²) >= 11 is 0. The molecule has 100 valence electrons. The molecule has 2 aromatic rings. The van der Waals surface area contributed by atoms with E-state index in [9.17, 15) is 0 Å².